The molecule has 0 bridgehead atoms. The van der Waals surface area contributed by atoms with E-state index in [-0.39, 0.29) is 11.8 Å². The summed E-state index contributed by atoms with van der Waals surface area (Å²) in [4.78, 5) is 14.7. The SMILES string of the molecule is Cc1cc(CNC(=O)C(CN)c2ccccc2)sc1C. The van der Waals surface area contributed by atoms with E-state index in [4.69, 9.17) is 5.73 Å². The molecule has 0 spiro atoms. The molecule has 0 saturated carbocycles. The van der Waals surface area contributed by atoms with E-state index in [0.29, 0.717) is 13.1 Å². The van der Waals surface area contributed by atoms with Gasteiger partial charge in [-0.25, -0.2) is 0 Å². The zero-order chi connectivity index (χ0) is 14.5. The van der Waals surface area contributed by atoms with E-state index in [9.17, 15) is 4.79 Å². The molecule has 1 aromatic heterocycles. The highest BCUT2D eigenvalue weighted by atomic mass is 32.1. The predicted molar refractivity (Wildman–Crippen MR) is 83.9 cm³/mol. The summed E-state index contributed by atoms with van der Waals surface area (Å²) < 4.78 is 0. The van der Waals surface area contributed by atoms with Gasteiger partial charge in [-0.3, -0.25) is 4.79 Å². The zero-order valence-corrected chi connectivity index (χ0v) is 12.7. The summed E-state index contributed by atoms with van der Waals surface area (Å²) in [5.41, 5.74) is 7.98. The van der Waals surface area contributed by atoms with Crippen molar-refractivity contribution in [1.29, 1.82) is 0 Å². The molecule has 2 rings (SSSR count). The maximum Gasteiger partial charge on any atom is 0.229 e. The number of nitrogens with two attached hydrogens (primary N) is 1. The third kappa shape index (κ3) is 3.46. The smallest absolute Gasteiger partial charge is 0.229 e. The molecule has 0 aliphatic carbocycles. The van der Waals surface area contributed by atoms with Gasteiger partial charge in [0, 0.05) is 16.3 Å². The second-order valence-electron chi connectivity index (χ2n) is 4.87. The number of benzene rings is 1. The van der Waals surface area contributed by atoms with Crippen LogP contribution in [0.2, 0.25) is 0 Å². The van der Waals surface area contributed by atoms with Crippen LogP contribution in [0.4, 0.5) is 0 Å². The molecular weight excluding hydrogens is 268 g/mol. The molecule has 0 aliphatic heterocycles. The summed E-state index contributed by atoms with van der Waals surface area (Å²) in [6.45, 7) is 5.07. The topological polar surface area (TPSA) is 55.1 Å². The molecule has 1 unspecified atom stereocenters. The van der Waals surface area contributed by atoms with Gasteiger partial charge in [0.1, 0.15) is 0 Å². The summed E-state index contributed by atoms with van der Waals surface area (Å²) in [5, 5.41) is 2.98. The number of hydrogen-bond acceptors (Lipinski definition) is 3. The largest absolute Gasteiger partial charge is 0.351 e. The second kappa shape index (κ2) is 6.68. The molecule has 1 amide bonds. The molecule has 2 aromatic rings. The maximum atomic E-state index is 12.3. The first-order valence-electron chi connectivity index (χ1n) is 6.70. The molecule has 0 aliphatic rings. The highest BCUT2D eigenvalue weighted by Crippen LogP contribution is 2.21. The molecular formula is C16H20N2OS. The number of amides is 1. The minimum absolute atomic E-state index is 0.0117. The average molecular weight is 288 g/mol. The Bertz CT molecular complexity index is 558. The quantitative estimate of drug-likeness (QED) is 0.889. The van der Waals surface area contributed by atoms with Crippen molar-refractivity contribution < 1.29 is 4.79 Å². The molecule has 0 radical (unpaired) electrons. The van der Waals surface area contributed by atoms with E-state index in [1.165, 1.54) is 15.3 Å². The van der Waals surface area contributed by atoms with Crippen molar-refractivity contribution in [3.05, 3.63) is 57.3 Å². The van der Waals surface area contributed by atoms with Gasteiger partial charge < -0.3 is 11.1 Å². The molecule has 20 heavy (non-hydrogen) atoms. The Hall–Kier alpha value is -1.65. The van der Waals surface area contributed by atoms with Gasteiger partial charge in [0.05, 0.1) is 12.5 Å². The molecule has 1 heterocycles. The third-order valence-electron chi connectivity index (χ3n) is 3.41. The fourth-order valence-electron chi connectivity index (χ4n) is 2.11. The average Bonchev–Trinajstić information content (AvgIpc) is 2.78. The van der Waals surface area contributed by atoms with Crippen molar-refractivity contribution in [3.63, 3.8) is 0 Å². The summed E-state index contributed by atoms with van der Waals surface area (Å²) in [5.74, 6) is -0.291. The van der Waals surface area contributed by atoms with Gasteiger partial charge in [0.25, 0.3) is 0 Å². The number of carbonyl (C=O) groups is 1. The minimum Gasteiger partial charge on any atom is -0.351 e. The standard InChI is InChI=1S/C16H20N2OS/c1-11-8-14(20-12(11)2)10-18-16(19)15(9-17)13-6-4-3-5-7-13/h3-8,15H,9-10,17H2,1-2H3,(H,18,19). The zero-order valence-electron chi connectivity index (χ0n) is 11.8. The van der Waals surface area contributed by atoms with Crippen LogP contribution in [0.3, 0.4) is 0 Å². The Kier molecular flexibility index (Phi) is 4.93. The monoisotopic (exact) mass is 288 g/mol. The normalized spacial score (nSPS) is 12.2. The second-order valence-corrected chi connectivity index (χ2v) is 6.21. The fourth-order valence-corrected chi connectivity index (χ4v) is 3.11. The third-order valence-corrected chi connectivity index (χ3v) is 4.56. The minimum atomic E-state index is -0.279. The van der Waals surface area contributed by atoms with Crippen LogP contribution in [-0.2, 0) is 11.3 Å². The molecule has 106 valence electrons. The van der Waals surface area contributed by atoms with Crippen molar-refractivity contribution in [2.75, 3.05) is 6.54 Å². The van der Waals surface area contributed by atoms with E-state index in [0.717, 1.165) is 5.56 Å². The first-order valence-corrected chi connectivity index (χ1v) is 7.52. The van der Waals surface area contributed by atoms with Crippen LogP contribution in [0.5, 0.6) is 0 Å². The lowest BCUT2D eigenvalue weighted by atomic mass is 9.98. The van der Waals surface area contributed by atoms with Crippen molar-refractivity contribution >= 4 is 17.2 Å². The van der Waals surface area contributed by atoms with Gasteiger partial charge in [-0.1, -0.05) is 30.3 Å². The molecule has 1 atom stereocenters. The van der Waals surface area contributed by atoms with Crippen LogP contribution in [0.1, 0.15) is 26.8 Å². The van der Waals surface area contributed by atoms with E-state index < -0.39 is 0 Å². The van der Waals surface area contributed by atoms with Gasteiger partial charge in [-0.2, -0.15) is 0 Å². The molecule has 4 heteroatoms. The van der Waals surface area contributed by atoms with E-state index in [1.54, 1.807) is 11.3 Å². The lowest BCUT2D eigenvalue weighted by molar-refractivity contribution is -0.122. The highest BCUT2D eigenvalue weighted by Gasteiger charge is 2.18. The van der Waals surface area contributed by atoms with Gasteiger partial charge in [0.15, 0.2) is 0 Å². The number of hydrogen-bond donors (Lipinski definition) is 2. The Morgan fingerprint density at radius 2 is 2.00 bits per heavy atom. The van der Waals surface area contributed by atoms with Crippen LogP contribution in [-0.4, -0.2) is 12.5 Å². The van der Waals surface area contributed by atoms with Gasteiger partial charge >= 0.3 is 0 Å². The first-order chi connectivity index (χ1) is 9.61. The lowest BCUT2D eigenvalue weighted by Crippen LogP contribution is -2.32. The van der Waals surface area contributed by atoms with E-state index >= 15 is 0 Å². The molecule has 0 fully saturated rings. The van der Waals surface area contributed by atoms with Crippen LogP contribution in [0.25, 0.3) is 0 Å². The number of carbonyl (C=O) groups excluding carboxylic acids is 1. The summed E-state index contributed by atoms with van der Waals surface area (Å²) >= 11 is 1.73. The van der Waals surface area contributed by atoms with Crippen molar-refractivity contribution in [1.82, 2.24) is 5.32 Å². The van der Waals surface area contributed by atoms with Crippen LogP contribution >= 0.6 is 11.3 Å². The summed E-state index contributed by atoms with van der Waals surface area (Å²) in [6.07, 6.45) is 0. The number of aryl methyl sites for hydroxylation is 2. The Morgan fingerprint density at radius 3 is 2.55 bits per heavy atom. The van der Waals surface area contributed by atoms with Crippen molar-refractivity contribution in [3.8, 4) is 0 Å². The van der Waals surface area contributed by atoms with Gasteiger partial charge in [0.2, 0.25) is 5.91 Å². The number of rotatable bonds is 5. The molecule has 0 saturated heterocycles. The molecule has 3 N–H and O–H groups in total. The summed E-state index contributed by atoms with van der Waals surface area (Å²) in [6, 6.07) is 11.8. The first kappa shape index (κ1) is 14.8. The predicted octanol–water partition coefficient (Wildman–Crippen LogP) is 2.72. The Labute approximate surface area is 123 Å². The van der Waals surface area contributed by atoms with Crippen LogP contribution < -0.4 is 11.1 Å². The van der Waals surface area contributed by atoms with Gasteiger partial charge in [-0.05, 0) is 31.0 Å². The van der Waals surface area contributed by atoms with Gasteiger partial charge in [-0.15, -0.1) is 11.3 Å². The Balaban J connectivity index is 2.00. The van der Waals surface area contributed by atoms with E-state index in [1.807, 2.05) is 30.3 Å². The Morgan fingerprint density at radius 1 is 1.30 bits per heavy atom. The number of nitrogens with one attached hydrogen (secondary N) is 1. The lowest BCUT2D eigenvalue weighted by Gasteiger charge is -2.14. The maximum absolute atomic E-state index is 12.3. The number of thiophene rings is 1. The highest BCUT2D eigenvalue weighted by molar-refractivity contribution is 7.12. The molecule has 1 aromatic carbocycles. The van der Waals surface area contributed by atoms with Crippen LogP contribution in [0, 0.1) is 13.8 Å². The van der Waals surface area contributed by atoms with Crippen molar-refractivity contribution in [2.24, 2.45) is 5.73 Å². The summed E-state index contributed by atoms with van der Waals surface area (Å²) in [7, 11) is 0. The van der Waals surface area contributed by atoms with Crippen LogP contribution in [0.15, 0.2) is 36.4 Å². The van der Waals surface area contributed by atoms with Crippen molar-refractivity contribution in [2.45, 2.75) is 26.3 Å². The van der Waals surface area contributed by atoms with E-state index in [2.05, 4.69) is 25.2 Å². The molecule has 3 nitrogen and oxygen atoms in total. The fraction of sp³-hybridized carbons (Fsp3) is 0.312.